The number of hydrogen-bond acceptors (Lipinski definition) is 8. The zero-order valence-electron chi connectivity index (χ0n) is 13.9. The predicted octanol–water partition coefficient (Wildman–Crippen LogP) is 2.69. The first-order valence-electron chi connectivity index (χ1n) is 7.59. The first-order chi connectivity index (χ1) is 13.0. The summed E-state index contributed by atoms with van der Waals surface area (Å²) in [6.45, 7) is -2.67. The van der Waals surface area contributed by atoms with E-state index >= 15 is 0 Å². The molecular weight excluding hydrogens is 368 g/mol. The Hall–Kier alpha value is -3.57. The summed E-state index contributed by atoms with van der Waals surface area (Å²) >= 11 is 0. The van der Waals surface area contributed by atoms with E-state index in [1.54, 1.807) is 0 Å². The lowest BCUT2D eigenvalue weighted by atomic mass is 10.2. The van der Waals surface area contributed by atoms with Crippen LogP contribution in [0.15, 0.2) is 34.9 Å². The Bertz CT molecular complexity index is 942. The van der Waals surface area contributed by atoms with Crippen LogP contribution in [0.2, 0.25) is 0 Å². The Kier molecular flexibility index (Phi) is 5.24. The topological polar surface area (TPSA) is 118 Å². The molecule has 3 rings (SSSR count). The van der Waals surface area contributed by atoms with Gasteiger partial charge in [0, 0.05) is 12.0 Å². The summed E-state index contributed by atoms with van der Waals surface area (Å²) in [6, 6.07) is 5.52. The van der Waals surface area contributed by atoms with Crippen LogP contribution in [0.25, 0.3) is 11.5 Å². The standard InChI is InChI=1S/C15H13F2N5O5/c1-25-11-8-9(2-3-10(11)26-15(16)17)14-19-18-13(27-14)5-7-21-6-4-12(20-21)22(23)24/h2-4,6,8,15H,5,7H2,1H3. The minimum atomic E-state index is -2.97. The number of rotatable bonds is 8. The molecule has 0 spiro atoms. The van der Waals surface area contributed by atoms with Crippen LogP contribution in [-0.4, -0.2) is 38.6 Å². The molecule has 0 aliphatic heterocycles. The molecule has 0 fully saturated rings. The highest BCUT2D eigenvalue weighted by Crippen LogP contribution is 2.33. The van der Waals surface area contributed by atoms with Gasteiger partial charge in [0.2, 0.25) is 11.8 Å². The molecule has 0 atom stereocenters. The van der Waals surface area contributed by atoms with Crippen molar-refractivity contribution < 1.29 is 27.6 Å². The third kappa shape index (κ3) is 4.34. The van der Waals surface area contributed by atoms with Crippen molar-refractivity contribution in [3.63, 3.8) is 0 Å². The van der Waals surface area contributed by atoms with Crippen molar-refractivity contribution in [2.45, 2.75) is 19.6 Å². The van der Waals surface area contributed by atoms with E-state index in [-0.39, 0.29) is 29.1 Å². The van der Waals surface area contributed by atoms with Crippen molar-refractivity contribution in [1.82, 2.24) is 20.0 Å². The van der Waals surface area contributed by atoms with E-state index in [1.165, 1.54) is 42.3 Å². The predicted molar refractivity (Wildman–Crippen MR) is 85.5 cm³/mol. The Morgan fingerprint density at radius 3 is 2.78 bits per heavy atom. The Morgan fingerprint density at radius 1 is 1.30 bits per heavy atom. The van der Waals surface area contributed by atoms with Gasteiger partial charge in [-0.15, -0.1) is 10.2 Å². The van der Waals surface area contributed by atoms with Gasteiger partial charge in [0.25, 0.3) is 0 Å². The van der Waals surface area contributed by atoms with E-state index in [0.29, 0.717) is 18.5 Å². The maximum Gasteiger partial charge on any atom is 0.389 e. The van der Waals surface area contributed by atoms with Crippen molar-refractivity contribution in [3.05, 3.63) is 46.5 Å². The van der Waals surface area contributed by atoms with Gasteiger partial charge < -0.3 is 24.0 Å². The van der Waals surface area contributed by atoms with Crippen molar-refractivity contribution in [1.29, 1.82) is 0 Å². The smallest absolute Gasteiger partial charge is 0.389 e. The van der Waals surface area contributed by atoms with Crippen LogP contribution in [0, 0.1) is 10.1 Å². The van der Waals surface area contributed by atoms with Crippen molar-refractivity contribution in [2.24, 2.45) is 0 Å². The number of hydrogen-bond donors (Lipinski definition) is 0. The first-order valence-corrected chi connectivity index (χ1v) is 7.59. The van der Waals surface area contributed by atoms with Crippen molar-refractivity contribution >= 4 is 5.82 Å². The van der Waals surface area contributed by atoms with Gasteiger partial charge in [-0.2, -0.15) is 13.5 Å². The molecule has 1 aromatic carbocycles. The molecule has 3 aromatic rings. The average Bonchev–Trinajstić information content (AvgIpc) is 3.29. The monoisotopic (exact) mass is 381 g/mol. The number of nitrogens with zero attached hydrogens (tertiary/aromatic N) is 5. The zero-order chi connectivity index (χ0) is 19.4. The molecule has 0 saturated carbocycles. The van der Waals surface area contributed by atoms with Gasteiger partial charge in [0.15, 0.2) is 11.5 Å². The van der Waals surface area contributed by atoms with Crippen LogP contribution in [0.1, 0.15) is 5.89 Å². The van der Waals surface area contributed by atoms with Crippen LogP contribution in [0.5, 0.6) is 11.5 Å². The largest absolute Gasteiger partial charge is 0.493 e. The summed E-state index contributed by atoms with van der Waals surface area (Å²) in [5.41, 5.74) is 0.460. The Labute approximate surface area is 150 Å². The Balaban J connectivity index is 1.70. The number of halogens is 2. The fraction of sp³-hybridized carbons (Fsp3) is 0.267. The second-order valence-electron chi connectivity index (χ2n) is 5.19. The van der Waals surface area contributed by atoms with Gasteiger partial charge in [-0.1, -0.05) is 0 Å². The molecule has 0 bridgehead atoms. The van der Waals surface area contributed by atoms with Crippen LogP contribution in [0.4, 0.5) is 14.6 Å². The first kappa shape index (κ1) is 18.2. The van der Waals surface area contributed by atoms with Crippen molar-refractivity contribution in [3.8, 4) is 23.0 Å². The highest BCUT2D eigenvalue weighted by molar-refractivity contribution is 5.59. The van der Waals surface area contributed by atoms with Gasteiger partial charge in [-0.25, -0.2) is 0 Å². The lowest BCUT2D eigenvalue weighted by Crippen LogP contribution is -2.03. The minimum Gasteiger partial charge on any atom is -0.493 e. The molecule has 10 nitrogen and oxygen atoms in total. The van der Waals surface area contributed by atoms with E-state index in [4.69, 9.17) is 9.15 Å². The average molecular weight is 381 g/mol. The number of aromatic nitrogens is 4. The van der Waals surface area contributed by atoms with E-state index < -0.39 is 11.5 Å². The van der Waals surface area contributed by atoms with Crippen LogP contribution in [-0.2, 0) is 13.0 Å². The van der Waals surface area contributed by atoms with E-state index in [9.17, 15) is 18.9 Å². The molecule has 12 heteroatoms. The molecule has 0 radical (unpaired) electrons. The molecule has 0 aliphatic rings. The van der Waals surface area contributed by atoms with Gasteiger partial charge in [-0.05, 0) is 23.1 Å². The maximum atomic E-state index is 12.4. The van der Waals surface area contributed by atoms with Crippen molar-refractivity contribution in [2.75, 3.05) is 7.11 Å². The summed E-state index contributed by atoms with van der Waals surface area (Å²) in [7, 11) is 1.32. The molecular formula is C15H13F2N5O5. The normalized spacial score (nSPS) is 11.0. The third-order valence-electron chi connectivity index (χ3n) is 3.46. The molecule has 0 aliphatic carbocycles. The minimum absolute atomic E-state index is 0.0939. The van der Waals surface area contributed by atoms with Crippen LogP contribution >= 0.6 is 0 Å². The lowest BCUT2D eigenvalue weighted by molar-refractivity contribution is -0.389. The van der Waals surface area contributed by atoms with E-state index in [2.05, 4.69) is 20.0 Å². The summed E-state index contributed by atoms with van der Waals surface area (Å²) in [4.78, 5) is 10.0. The number of alkyl halides is 2. The van der Waals surface area contributed by atoms with Gasteiger partial charge >= 0.3 is 12.4 Å². The number of ether oxygens (including phenoxy) is 2. The second-order valence-corrected chi connectivity index (χ2v) is 5.19. The quantitative estimate of drug-likeness (QED) is 0.432. The third-order valence-corrected chi connectivity index (χ3v) is 3.46. The second kappa shape index (κ2) is 7.76. The Morgan fingerprint density at radius 2 is 2.11 bits per heavy atom. The molecule has 142 valence electrons. The zero-order valence-corrected chi connectivity index (χ0v) is 13.9. The summed E-state index contributed by atoms with van der Waals surface area (Å²) in [6.07, 6.45) is 1.78. The maximum absolute atomic E-state index is 12.4. The molecule has 27 heavy (non-hydrogen) atoms. The molecule has 2 heterocycles. The number of aryl methyl sites for hydroxylation is 2. The van der Waals surface area contributed by atoms with E-state index in [1.807, 2.05) is 0 Å². The number of nitro groups is 1. The van der Waals surface area contributed by atoms with E-state index in [0.717, 1.165) is 0 Å². The lowest BCUT2D eigenvalue weighted by Gasteiger charge is -2.10. The molecule has 0 saturated heterocycles. The summed E-state index contributed by atoms with van der Waals surface area (Å²) < 4.78 is 41.0. The summed E-state index contributed by atoms with van der Waals surface area (Å²) in [5.74, 6) is 0.181. The SMILES string of the molecule is COc1cc(-c2nnc(CCn3ccc([N+](=O)[O-])n3)o2)ccc1OC(F)F. The molecule has 2 aromatic heterocycles. The molecule has 0 unspecified atom stereocenters. The highest BCUT2D eigenvalue weighted by Gasteiger charge is 2.16. The van der Waals surface area contributed by atoms with Crippen LogP contribution in [0.3, 0.4) is 0 Å². The highest BCUT2D eigenvalue weighted by atomic mass is 19.3. The fourth-order valence-corrected chi connectivity index (χ4v) is 2.25. The van der Waals surface area contributed by atoms with Gasteiger partial charge in [0.05, 0.1) is 31.0 Å². The van der Waals surface area contributed by atoms with Gasteiger partial charge in [-0.3, -0.25) is 0 Å². The van der Waals surface area contributed by atoms with Gasteiger partial charge in [0.1, 0.15) is 0 Å². The molecule has 0 amide bonds. The number of methoxy groups -OCH3 is 1. The summed E-state index contributed by atoms with van der Waals surface area (Å²) in [5, 5.41) is 22.2. The fourth-order valence-electron chi connectivity index (χ4n) is 2.25. The number of benzene rings is 1. The molecule has 0 N–H and O–H groups in total. The van der Waals surface area contributed by atoms with Crippen LogP contribution < -0.4 is 9.47 Å².